The summed E-state index contributed by atoms with van der Waals surface area (Å²) >= 11 is 0. The van der Waals surface area contributed by atoms with Crippen molar-refractivity contribution < 1.29 is 18.3 Å². The van der Waals surface area contributed by atoms with Crippen LogP contribution in [0, 0.1) is 5.92 Å². The van der Waals surface area contributed by atoms with Crippen LogP contribution in [-0.4, -0.2) is 42.5 Å². The first-order chi connectivity index (χ1) is 12.4. The molecule has 1 saturated carbocycles. The van der Waals surface area contributed by atoms with Crippen molar-refractivity contribution in [2.75, 3.05) is 13.1 Å². The third-order valence-corrected chi connectivity index (χ3v) is 4.60. The lowest BCUT2D eigenvalue weighted by atomic mass is 9.85. The van der Waals surface area contributed by atoms with Crippen molar-refractivity contribution in [1.29, 1.82) is 0 Å². The van der Waals surface area contributed by atoms with E-state index in [9.17, 15) is 18.3 Å². The van der Waals surface area contributed by atoms with Crippen LogP contribution < -0.4 is 10.6 Å². The van der Waals surface area contributed by atoms with E-state index in [1.165, 1.54) is 0 Å². The number of benzene rings is 1. The Hall–Kier alpha value is -1.03. The number of hydrogen-bond acceptors (Lipinski definition) is 2. The molecule has 8 heteroatoms. The number of nitrogens with zero attached hydrogens (tertiary/aromatic N) is 1. The molecule has 0 radical (unpaired) electrons. The maximum absolute atomic E-state index is 13.0. The second kappa shape index (κ2) is 11.7. The Morgan fingerprint density at radius 2 is 1.96 bits per heavy atom. The van der Waals surface area contributed by atoms with Crippen molar-refractivity contribution >= 4 is 29.9 Å². The Kier molecular flexibility index (Phi) is 10.4. The van der Waals surface area contributed by atoms with E-state index < -0.39 is 18.2 Å². The fraction of sp³-hybridized carbons (Fsp3) is 0.632. The zero-order valence-corrected chi connectivity index (χ0v) is 17.8. The molecule has 1 aliphatic rings. The van der Waals surface area contributed by atoms with Crippen LogP contribution in [0.4, 0.5) is 13.2 Å². The molecule has 2 rings (SSSR count). The summed E-state index contributed by atoms with van der Waals surface area (Å²) in [6.07, 6.45) is -2.76. The minimum Gasteiger partial charge on any atom is -0.391 e. The quantitative estimate of drug-likeness (QED) is 0.317. The van der Waals surface area contributed by atoms with Crippen LogP contribution in [0.3, 0.4) is 0 Å². The number of guanidine groups is 1. The largest absolute Gasteiger partial charge is 0.391 e. The molecule has 1 fully saturated rings. The molecule has 0 aromatic heterocycles. The molecule has 0 amide bonds. The zero-order chi connectivity index (χ0) is 19.0. The van der Waals surface area contributed by atoms with Gasteiger partial charge in [0.25, 0.3) is 0 Å². The van der Waals surface area contributed by atoms with Crippen molar-refractivity contribution in [2.45, 2.75) is 57.3 Å². The van der Waals surface area contributed by atoms with E-state index in [0.29, 0.717) is 31.8 Å². The number of aliphatic imine (C=N–C) groups is 1. The number of rotatable bonds is 6. The van der Waals surface area contributed by atoms with Crippen molar-refractivity contribution in [3.8, 4) is 0 Å². The third-order valence-electron chi connectivity index (χ3n) is 4.60. The van der Waals surface area contributed by atoms with Crippen LogP contribution in [0.5, 0.6) is 0 Å². The molecule has 0 aliphatic heterocycles. The van der Waals surface area contributed by atoms with Gasteiger partial charge in [-0.3, -0.25) is 4.99 Å². The van der Waals surface area contributed by atoms with Crippen LogP contribution in [0.2, 0.25) is 0 Å². The summed E-state index contributed by atoms with van der Waals surface area (Å²) in [7, 11) is 0. The van der Waals surface area contributed by atoms with Crippen molar-refractivity contribution in [3.05, 3.63) is 35.9 Å². The molecule has 0 bridgehead atoms. The molecule has 1 aliphatic carbocycles. The van der Waals surface area contributed by atoms with E-state index in [-0.39, 0.29) is 49.4 Å². The van der Waals surface area contributed by atoms with Gasteiger partial charge in [-0.2, -0.15) is 13.2 Å². The average molecular weight is 499 g/mol. The van der Waals surface area contributed by atoms with Gasteiger partial charge in [0.15, 0.2) is 5.96 Å². The standard InChI is InChI=1S/C19H28F3N3O.HI/c1-2-23-18(24-13-17(26)11-14-7-4-3-5-8-14)25-16-10-6-9-15(12-16)19(20,21)22;/h3-5,7-8,15-17,26H,2,6,9-13H2,1H3,(H2,23,24,25);1H. The maximum atomic E-state index is 13.0. The fourth-order valence-electron chi connectivity index (χ4n) is 3.28. The highest BCUT2D eigenvalue weighted by molar-refractivity contribution is 14.0. The Bertz CT molecular complexity index is 569. The molecule has 1 aromatic carbocycles. The molecule has 0 heterocycles. The van der Waals surface area contributed by atoms with Gasteiger partial charge in [0.1, 0.15) is 0 Å². The molecule has 3 atom stereocenters. The Labute approximate surface area is 176 Å². The monoisotopic (exact) mass is 499 g/mol. The van der Waals surface area contributed by atoms with Crippen LogP contribution in [0.25, 0.3) is 0 Å². The average Bonchev–Trinajstić information content (AvgIpc) is 2.60. The minimum absolute atomic E-state index is 0. The van der Waals surface area contributed by atoms with E-state index in [1.54, 1.807) is 0 Å². The summed E-state index contributed by atoms with van der Waals surface area (Å²) in [5, 5.41) is 16.3. The maximum Gasteiger partial charge on any atom is 0.391 e. The van der Waals surface area contributed by atoms with Gasteiger partial charge in [-0.1, -0.05) is 36.8 Å². The predicted molar refractivity (Wildman–Crippen MR) is 112 cm³/mol. The molecule has 3 unspecified atom stereocenters. The molecule has 3 N–H and O–H groups in total. The van der Waals surface area contributed by atoms with Crippen LogP contribution >= 0.6 is 24.0 Å². The smallest absolute Gasteiger partial charge is 0.391 e. The molecule has 1 aromatic rings. The summed E-state index contributed by atoms with van der Waals surface area (Å²) in [5.41, 5.74) is 1.02. The van der Waals surface area contributed by atoms with Gasteiger partial charge in [0.2, 0.25) is 0 Å². The summed E-state index contributed by atoms with van der Waals surface area (Å²) in [6.45, 7) is 2.70. The minimum atomic E-state index is -4.14. The molecular formula is C19H29F3IN3O. The summed E-state index contributed by atoms with van der Waals surface area (Å²) < 4.78 is 38.9. The first-order valence-corrected chi connectivity index (χ1v) is 9.22. The first kappa shape index (κ1) is 24.0. The second-order valence-corrected chi connectivity index (χ2v) is 6.81. The Morgan fingerprint density at radius 1 is 1.26 bits per heavy atom. The Morgan fingerprint density at radius 3 is 2.59 bits per heavy atom. The lowest BCUT2D eigenvalue weighted by molar-refractivity contribution is -0.183. The highest BCUT2D eigenvalue weighted by atomic mass is 127. The van der Waals surface area contributed by atoms with Crippen molar-refractivity contribution in [3.63, 3.8) is 0 Å². The van der Waals surface area contributed by atoms with E-state index in [1.807, 2.05) is 37.3 Å². The summed E-state index contributed by atoms with van der Waals surface area (Å²) in [4.78, 5) is 4.35. The van der Waals surface area contributed by atoms with E-state index >= 15 is 0 Å². The lowest BCUT2D eigenvalue weighted by Crippen LogP contribution is -2.47. The number of alkyl halides is 3. The van der Waals surface area contributed by atoms with Gasteiger partial charge in [0, 0.05) is 19.0 Å². The lowest BCUT2D eigenvalue weighted by Gasteiger charge is -2.32. The van der Waals surface area contributed by atoms with Gasteiger partial charge >= 0.3 is 6.18 Å². The molecule has 27 heavy (non-hydrogen) atoms. The number of halogens is 4. The molecule has 0 saturated heterocycles. The number of aliphatic hydroxyl groups excluding tert-OH is 1. The third kappa shape index (κ3) is 8.68. The summed E-state index contributed by atoms with van der Waals surface area (Å²) in [6, 6.07) is 9.37. The molecular weight excluding hydrogens is 470 g/mol. The number of aliphatic hydroxyl groups is 1. The van der Waals surface area contributed by atoms with Gasteiger partial charge in [-0.15, -0.1) is 24.0 Å². The fourth-order valence-corrected chi connectivity index (χ4v) is 3.28. The van der Waals surface area contributed by atoms with Gasteiger partial charge in [-0.05, 0) is 31.7 Å². The molecule has 4 nitrogen and oxygen atoms in total. The van der Waals surface area contributed by atoms with Gasteiger partial charge in [-0.25, -0.2) is 0 Å². The highest BCUT2D eigenvalue weighted by Gasteiger charge is 2.42. The summed E-state index contributed by atoms with van der Waals surface area (Å²) in [5.74, 6) is -0.785. The first-order valence-electron chi connectivity index (χ1n) is 9.22. The SMILES string of the molecule is CCNC(=NCC(O)Cc1ccccc1)NC1CCCC(C(F)(F)F)C1.I. The molecule has 0 spiro atoms. The highest BCUT2D eigenvalue weighted by Crippen LogP contribution is 2.37. The van der Waals surface area contributed by atoms with Crippen LogP contribution in [0.1, 0.15) is 38.2 Å². The predicted octanol–water partition coefficient (Wildman–Crippen LogP) is 3.88. The normalized spacial score (nSPS) is 21.9. The van der Waals surface area contributed by atoms with Gasteiger partial charge in [0.05, 0.1) is 18.6 Å². The number of nitrogens with one attached hydrogen (secondary N) is 2. The van der Waals surface area contributed by atoms with Crippen molar-refractivity contribution in [2.24, 2.45) is 10.9 Å². The van der Waals surface area contributed by atoms with E-state index in [2.05, 4.69) is 15.6 Å². The van der Waals surface area contributed by atoms with E-state index in [4.69, 9.17) is 0 Å². The van der Waals surface area contributed by atoms with Gasteiger partial charge < -0.3 is 15.7 Å². The Balaban J connectivity index is 0.00000364. The van der Waals surface area contributed by atoms with Crippen molar-refractivity contribution in [1.82, 2.24) is 10.6 Å². The van der Waals surface area contributed by atoms with Crippen LogP contribution in [0.15, 0.2) is 35.3 Å². The second-order valence-electron chi connectivity index (χ2n) is 6.81. The topological polar surface area (TPSA) is 56.7 Å². The van der Waals surface area contributed by atoms with E-state index in [0.717, 1.165) is 5.56 Å². The van der Waals surface area contributed by atoms with Crippen LogP contribution in [-0.2, 0) is 6.42 Å². The zero-order valence-electron chi connectivity index (χ0n) is 15.5. The number of hydrogen-bond donors (Lipinski definition) is 3. The molecule has 154 valence electrons.